The predicted octanol–water partition coefficient (Wildman–Crippen LogP) is 3.57. The number of carbonyl (C=O) groups is 2. The van der Waals surface area contributed by atoms with Gasteiger partial charge >= 0.3 is 5.97 Å². The Morgan fingerprint density at radius 2 is 1.82 bits per heavy atom. The van der Waals surface area contributed by atoms with Crippen LogP contribution in [0.4, 0.5) is 10.2 Å². The molecule has 12 nitrogen and oxygen atoms in total. The fourth-order valence-corrected chi connectivity index (χ4v) is 5.74. The van der Waals surface area contributed by atoms with Crippen molar-refractivity contribution >= 4 is 28.6 Å². The number of ketones is 1. The lowest BCUT2D eigenvalue weighted by molar-refractivity contribution is 0.0694. The molecule has 234 valence electrons. The van der Waals surface area contributed by atoms with Crippen LogP contribution in [0.2, 0.25) is 0 Å². The highest BCUT2D eigenvalue weighted by molar-refractivity contribution is 6.02. The van der Waals surface area contributed by atoms with Gasteiger partial charge < -0.3 is 34.3 Å². The van der Waals surface area contributed by atoms with E-state index in [0.717, 1.165) is 11.6 Å². The molecule has 1 fully saturated rings. The first-order valence-electron chi connectivity index (χ1n) is 14.6. The number of aromatic nitrogens is 2. The number of Topliss-reactive ketones (excluding diaryl/α,β-unsaturated/α-hetero) is 1. The average Bonchev–Trinajstić information content (AvgIpc) is 3.01. The molecule has 0 bridgehead atoms. The van der Waals surface area contributed by atoms with Crippen molar-refractivity contribution in [1.29, 1.82) is 0 Å². The zero-order valence-electron chi connectivity index (χ0n) is 24.4. The summed E-state index contributed by atoms with van der Waals surface area (Å²) in [5.74, 6) is -1.76. The molecule has 4 aromatic rings. The molecule has 6 rings (SSSR count). The normalized spacial score (nSPS) is 16.8. The van der Waals surface area contributed by atoms with Crippen molar-refractivity contribution in [3.05, 3.63) is 81.4 Å². The minimum Gasteiger partial charge on any atom is -0.508 e. The first kappa shape index (κ1) is 29.9. The molecule has 45 heavy (non-hydrogen) atoms. The predicted molar refractivity (Wildman–Crippen MR) is 161 cm³/mol. The molecule has 1 atom stereocenters. The molecule has 0 aliphatic carbocycles. The Morgan fingerprint density at radius 1 is 1.09 bits per heavy atom. The van der Waals surface area contributed by atoms with Crippen molar-refractivity contribution in [3.8, 4) is 23.0 Å². The summed E-state index contributed by atoms with van der Waals surface area (Å²) in [6.45, 7) is 5.07. The molecule has 2 aromatic carbocycles. The van der Waals surface area contributed by atoms with Crippen LogP contribution in [0.1, 0.15) is 45.7 Å². The second-order valence-electron chi connectivity index (χ2n) is 10.9. The Labute approximate surface area is 256 Å². The van der Waals surface area contributed by atoms with Crippen LogP contribution in [0.15, 0.2) is 53.5 Å². The van der Waals surface area contributed by atoms with Crippen molar-refractivity contribution < 1.29 is 38.8 Å². The summed E-state index contributed by atoms with van der Waals surface area (Å²) < 4.78 is 28.6. The van der Waals surface area contributed by atoms with Crippen molar-refractivity contribution in [2.24, 2.45) is 0 Å². The first-order chi connectivity index (χ1) is 21.6. The van der Waals surface area contributed by atoms with E-state index in [1.807, 2.05) is 0 Å². The number of nitrogens with zero attached hydrogens (tertiary/aromatic N) is 4. The number of carbonyl (C=O) groups excluding carboxylic acids is 1. The molecule has 0 radical (unpaired) electrons. The number of pyridine rings is 2. The van der Waals surface area contributed by atoms with Gasteiger partial charge in [0.1, 0.15) is 52.5 Å². The van der Waals surface area contributed by atoms with Gasteiger partial charge in [0.2, 0.25) is 5.43 Å². The van der Waals surface area contributed by atoms with E-state index in [0.29, 0.717) is 45.0 Å². The SMILES string of the molecule is CCn1cc(C(=O)O)c(=O)c2cc(F)c(N3CCN(CCOc4cc(O)c5c(c4)O[C@H](c4ccc(O)cc4)CC5=O)CC3)nc21. The average molecular weight is 619 g/mol. The third-order valence-corrected chi connectivity index (χ3v) is 8.14. The quantitative estimate of drug-likeness (QED) is 0.266. The number of rotatable bonds is 8. The maximum absolute atomic E-state index is 15.2. The third-order valence-electron chi connectivity index (χ3n) is 8.14. The Morgan fingerprint density at radius 3 is 2.51 bits per heavy atom. The number of phenolic OH excluding ortho intramolecular Hbond substituents is 2. The number of aryl methyl sites for hydroxylation is 1. The number of aromatic carboxylic acids is 1. The van der Waals surface area contributed by atoms with E-state index in [9.17, 15) is 29.7 Å². The first-order valence-corrected chi connectivity index (χ1v) is 14.6. The number of carboxylic acids is 1. The number of hydrogen-bond acceptors (Lipinski definition) is 10. The molecule has 0 saturated carbocycles. The standard InChI is InChI=1S/C32H31FN4O8/c1-2-36-17-22(32(42)43)29(41)21-15-23(33)31(34-30(21)36)37-9-7-35(8-10-37)11-12-44-20-13-24(39)28-25(40)16-26(45-27(28)14-20)18-3-5-19(38)6-4-18/h3-6,13-15,17,26,38-39H,2,7-12,16H2,1H3,(H,42,43)/t26-/m0/s1. The largest absolute Gasteiger partial charge is 0.508 e. The smallest absolute Gasteiger partial charge is 0.341 e. The van der Waals surface area contributed by atoms with Crippen LogP contribution >= 0.6 is 0 Å². The van der Waals surface area contributed by atoms with Crippen LogP contribution in [0.25, 0.3) is 11.0 Å². The molecule has 1 saturated heterocycles. The zero-order valence-corrected chi connectivity index (χ0v) is 24.4. The van der Waals surface area contributed by atoms with Gasteiger partial charge in [0, 0.05) is 57.6 Å². The molecule has 4 heterocycles. The number of anilines is 1. The molecule has 2 aliphatic heterocycles. The van der Waals surface area contributed by atoms with Crippen molar-refractivity contribution in [2.75, 3.05) is 44.2 Å². The van der Waals surface area contributed by atoms with Crippen molar-refractivity contribution in [3.63, 3.8) is 0 Å². The van der Waals surface area contributed by atoms with Gasteiger partial charge in [0.05, 0.1) is 11.8 Å². The monoisotopic (exact) mass is 618 g/mol. The molecule has 13 heteroatoms. The zero-order chi connectivity index (χ0) is 31.8. The van der Waals surface area contributed by atoms with Crippen LogP contribution < -0.4 is 19.8 Å². The maximum Gasteiger partial charge on any atom is 0.341 e. The Kier molecular flexibility index (Phi) is 8.02. The van der Waals surface area contributed by atoms with E-state index >= 15 is 4.39 Å². The lowest BCUT2D eigenvalue weighted by Gasteiger charge is -2.35. The Bertz CT molecular complexity index is 1850. The van der Waals surface area contributed by atoms with E-state index < -0.39 is 28.9 Å². The van der Waals surface area contributed by atoms with Gasteiger partial charge in [-0.3, -0.25) is 14.5 Å². The molecule has 2 aliphatic rings. The Hall–Kier alpha value is -5.17. The van der Waals surface area contributed by atoms with Crippen LogP contribution in [0, 0.1) is 5.82 Å². The fraction of sp³-hybridized carbons (Fsp3) is 0.312. The maximum atomic E-state index is 15.2. The summed E-state index contributed by atoms with van der Waals surface area (Å²) in [6.07, 6.45) is 0.732. The molecule has 0 amide bonds. The summed E-state index contributed by atoms with van der Waals surface area (Å²) in [6, 6.07) is 10.5. The van der Waals surface area contributed by atoms with Gasteiger partial charge in [-0.25, -0.2) is 14.2 Å². The van der Waals surface area contributed by atoms with Crippen molar-refractivity contribution in [1.82, 2.24) is 14.5 Å². The highest BCUT2D eigenvalue weighted by atomic mass is 19.1. The lowest BCUT2D eigenvalue weighted by Crippen LogP contribution is -2.48. The lowest BCUT2D eigenvalue weighted by atomic mass is 9.95. The summed E-state index contributed by atoms with van der Waals surface area (Å²) >= 11 is 0. The van der Waals surface area contributed by atoms with E-state index in [2.05, 4.69) is 9.88 Å². The van der Waals surface area contributed by atoms with Gasteiger partial charge in [-0.15, -0.1) is 0 Å². The van der Waals surface area contributed by atoms with Gasteiger partial charge in [-0.05, 0) is 30.7 Å². The molecular weight excluding hydrogens is 587 g/mol. The summed E-state index contributed by atoms with van der Waals surface area (Å²) in [5, 5.41) is 29.4. The summed E-state index contributed by atoms with van der Waals surface area (Å²) in [7, 11) is 0. The molecule has 0 spiro atoms. The number of benzene rings is 2. The number of piperazine rings is 1. The van der Waals surface area contributed by atoms with Gasteiger partial charge in [0.25, 0.3) is 0 Å². The number of fused-ring (bicyclic) bond motifs is 2. The number of phenols is 2. The number of ether oxygens (including phenoxy) is 2. The van der Waals surface area contributed by atoms with E-state index in [1.165, 1.54) is 29.0 Å². The van der Waals surface area contributed by atoms with Crippen LogP contribution in [0.5, 0.6) is 23.0 Å². The van der Waals surface area contributed by atoms with Gasteiger partial charge in [0.15, 0.2) is 17.4 Å². The number of halogens is 1. The van der Waals surface area contributed by atoms with E-state index in [4.69, 9.17) is 9.47 Å². The van der Waals surface area contributed by atoms with Crippen LogP contribution in [0.3, 0.4) is 0 Å². The van der Waals surface area contributed by atoms with E-state index in [-0.39, 0.29) is 58.5 Å². The highest BCUT2D eigenvalue weighted by Gasteiger charge is 2.31. The minimum atomic E-state index is -1.38. The molecule has 3 N–H and O–H groups in total. The third kappa shape index (κ3) is 5.86. The molecular formula is C32H31FN4O8. The minimum absolute atomic E-state index is 0.0556. The Balaban J connectivity index is 1.08. The molecule has 0 unspecified atom stereocenters. The van der Waals surface area contributed by atoms with Gasteiger partial charge in [-0.1, -0.05) is 12.1 Å². The van der Waals surface area contributed by atoms with Crippen LogP contribution in [-0.4, -0.2) is 80.9 Å². The summed E-state index contributed by atoms with van der Waals surface area (Å²) in [5.41, 5.74) is -0.136. The summed E-state index contributed by atoms with van der Waals surface area (Å²) in [4.78, 5) is 45.3. The second-order valence-corrected chi connectivity index (χ2v) is 10.9. The van der Waals surface area contributed by atoms with Crippen molar-refractivity contribution in [2.45, 2.75) is 26.0 Å². The molecule has 2 aromatic heterocycles. The van der Waals surface area contributed by atoms with Crippen LogP contribution in [-0.2, 0) is 6.54 Å². The van der Waals surface area contributed by atoms with E-state index in [1.54, 1.807) is 30.0 Å². The second kappa shape index (κ2) is 12.1. The fourth-order valence-electron chi connectivity index (χ4n) is 5.74. The number of carboxylic acid groups (broad SMARTS) is 1. The van der Waals surface area contributed by atoms with Gasteiger partial charge in [-0.2, -0.15) is 0 Å². The highest BCUT2D eigenvalue weighted by Crippen LogP contribution is 2.42. The number of hydrogen-bond donors (Lipinski definition) is 3. The topological polar surface area (TPSA) is 155 Å². The number of aromatic hydroxyl groups is 2.